The Bertz CT molecular complexity index is 724. The van der Waals surface area contributed by atoms with E-state index in [0.717, 1.165) is 0 Å². The number of nitrogens with two attached hydrogens (primary N) is 2. The molecule has 2 atom stereocenters. The monoisotopic (exact) mass is 365 g/mol. The van der Waals surface area contributed by atoms with Gasteiger partial charge in [0.25, 0.3) is 0 Å². The normalized spacial score (nSPS) is 28.3. The molecule has 1 aromatic heterocycles. The third-order valence-corrected chi connectivity index (χ3v) is 5.52. The number of hydrogen-bond acceptors (Lipinski definition) is 7. The Kier molecular flexibility index (Phi) is 5.05. The maximum atomic E-state index is 12.1. The fourth-order valence-corrected chi connectivity index (χ4v) is 4.07. The lowest BCUT2D eigenvalue weighted by Gasteiger charge is -2.51. The molecule has 3 heterocycles. The van der Waals surface area contributed by atoms with Crippen LogP contribution >= 0.6 is 0 Å². The molecule has 26 heavy (non-hydrogen) atoms. The van der Waals surface area contributed by atoms with Crippen molar-refractivity contribution in [2.45, 2.75) is 49.9 Å². The molecule has 0 radical (unpaired) electrons. The van der Waals surface area contributed by atoms with Gasteiger partial charge in [0.1, 0.15) is 5.82 Å². The molecule has 1 amide bonds. The zero-order valence-electron chi connectivity index (χ0n) is 15.1. The summed E-state index contributed by atoms with van der Waals surface area (Å²) in [5, 5.41) is 11.1. The molecule has 1 aromatic rings. The summed E-state index contributed by atoms with van der Waals surface area (Å²) in [4.78, 5) is 29.7. The smallest absolute Gasteiger partial charge is 0.349 e. The van der Waals surface area contributed by atoms with Gasteiger partial charge in [-0.25, -0.2) is 4.79 Å². The second-order valence-corrected chi connectivity index (χ2v) is 7.51. The summed E-state index contributed by atoms with van der Waals surface area (Å²) in [6.45, 7) is 3.44. The number of carbonyl (C=O) groups excluding carboxylic acids is 1. The van der Waals surface area contributed by atoms with Gasteiger partial charge in [0.05, 0.1) is 23.9 Å². The molecule has 0 aromatic carbocycles. The van der Waals surface area contributed by atoms with Gasteiger partial charge in [0.2, 0.25) is 5.91 Å². The van der Waals surface area contributed by atoms with E-state index in [0.29, 0.717) is 45.3 Å². The average Bonchev–Trinajstić information content (AvgIpc) is 2.56. The number of carbonyl (C=O) groups is 1. The Labute approximate surface area is 151 Å². The van der Waals surface area contributed by atoms with Crippen molar-refractivity contribution in [2.75, 3.05) is 32.0 Å². The minimum atomic E-state index is -1.14. The lowest BCUT2D eigenvalue weighted by Crippen LogP contribution is -2.59. The molecule has 0 bridgehead atoms. The fraction of sp³-hybridized carbons (Fsp3) is 0.706. The van der Waals surface area contributed by atoms with Crippen LogP contribution in [0.5, 0.6) is 0 Å². The highest BCUT2D eigenvalue weighted by molar-refractivity contribution is 5.76. The number of nitrogen functional groups attached to an aromatic ring is 1. The first-order valence-electron chi connectivity index (χ1n) is 8.95. The first-order chi connectivity index (χ1) is 12.3. The van der Waals surface area contributed by atoms with Crippen LogP contribution < -0.4 is 17.2 Å². The number of amides is 1. The molecule has 2 aliphatic heterocycles. The Morgan fingerprint density at radius 1 is 1.46 bits per heavy atom. The summed E-state index contributed by atoms with van der Waals surface area (Å²) >= 11 is 0. The fourth-order valence-electron chi connectivity index (χ4n) is 4.07. The molecule has 9 nitrogen and oxygen atoms in total. The maximum Gasteiger partial charge on any atom is 0.349 e. The van der Waals surface area contributed by atoms with Crippen molar-refractivity contribution in [2.24, 2.45) is 5.73 Å². The van der Waals surface area contributed by atoms with Gasteiger partial charge in [-0.15, -0.1) is 0 Å². The Balaban J connectivity index is 1.71. The van der Waals surface area contributed by atoms with Gasteiger partial charge in [-0.05, 0) is 25.8 Å². The molecule has 144 valence electrons. The molecule has 0 aliphatic carbocycles. The third-order valence-electron chi connectivity index (χ3n) is 5.52. The molecule has 2 saturated heterocycles. The molecule has 3 rings (SSSR count). The lowest BCUT2D eigenvalue weighted by atomic mass is 9.75. The van der Waals surface area contributed by atoms with E-state index in [1.54, 1.807) is 18.0 Å². The van der Waals surface area contributed by atoms with Gasteiger partial charge in [0, 0.05) is 38.7 Å². The van der Waals surface area contributed by atoms with E-state index in [2.05, 4.69) is 4.98 Å². The minimum absolute atomic E-state index is 0.0577. The first kappa shape index (κ1) is 18.8. The van der Waals surface area contributed by atoms with E-state index < -0.39 is 22.9 Å². The number of piperidine rings is 1. The Morgan fingerprint density at radius 3 is 2.73 bits per heavy atom. The summed E-state index contributed by atoms with van der Waals surface area (Å²) in [5.74, 6) is 0.205. The van der Waals surface area contributed by atoms with Crippen molar-refractivity contribution < 1.29 is 14.6 Å². The maximum absolute atomic E-state index is 12.1. The zero-order valence-corrected chi connectivity index (χ0v) is 15.1. The van der Waals surface area contributed by atoms with Crippen molar-refractivity contribution in [3.05, 3.63) is 22.7 Å². The number of ether oxygens (including phenoxy) is 1. The molecular formula is C17H27N5O4. The van der Waals surface area contributed by atoms with Crippen LogP contribution in [0.1, 0.15) is 38.6 Å². The van der Waals surface area contributed by atoms with Gasteiger partial charge in [-0.3, -0.25) is 9.36 Å². The number of anilines is 1. The summed E-state index contributed by atoms with van der Waals surface area (Å²) < 4.78 is 7.52. The van der Waals surface area contributed by atoms with E-state index in [9.17, 15) is 14.7 Å². The van der Waals surface area contributed by atoms with Gasteiger partial charge in [-0.2, -0.15) is 4.98 Å². The van der Waals surface area contributed by atoms with E-state index in [1.807, 2.05) is 0 Å². The molecular weight excluding hydrogens is 338 g/mol. The number of hydrogen-bond donors (Lipinski definition) is 3. The van der Waals surface area contributed by atoms with Crippen molar-refractivity contribution >= 4 is 11.7 Å². The second kappa shape index (κ2) is 6.98. The third kappa shape index (κ3) is 3.60. The van der Waals surface area contributed by atoms with Crippen molar-refractivity contribution in [3.63, 3.8) is 0 Å². The van der Waals surface area contributed by atoms with E-state index in [-0.39, 0.29) is 18.3 Å². The second-order valence-electron chi connectivity index (χ2n) is 7.51. The van der Waals surface area contributed by atoms with Crippen LogP contribution in [0, 0.1) is 0 Å². The lowest BCUT2D eigenvalue weighted by molar-refractivity contribution is -0.198. The van der Waals surface area contributed by atoms with Crippen LogP contribution in [0.15, 0.2) is 17.1 Å². The summed E-state index contributed by atoms with van der Waals surface area (Å²) in [6.07, 6.45) is 3.59. The van der Waals surface area contributed by atoms with Crippen molar-refractivity contribution in [1.29, 1.82) is 0 Å². The average molecular weight is 365 g/mol. The number of aliphatic hydroxyl groups is 1. The van der Waals surface area contributed by atoms with Crippen LogP contribution in [-0.2, 0) is 9.53 Å². The van der Waals surface area contributed by atoms with Gasteiger partial charge in [-0.1, -0.05) is 0 Å². The molecule has 0 unspecified atom stereocenters. The number of aromatic nitrogens is 2. The molecule has 2 fully saturated rings. The highest BCUT2D eigenvalue weighted by atomic mass is 16.5. The highest BCUT2D eigenvalue weighted by Gasteiger charge is 2.50. The quantitative estimate of drug-likeness (QED) is 0.641. The van der Waals surface area contributed by atoms with Crippen molar-refractivity contribution in [1.82, 2.24) is 14.5 Å². The van der Waals surface area contributed by atoms with Crippen LogP contribution in [0.4, 0.5) is 5.82 Å². The summed E-state index contributed by atoms with van der Waals surface area (Å²) in [6, 6.07) is 0.995. The highest BCUT2D eigenvalue weighted by Crippen LogP contribution is 2.43. The summed E-state index contributed by atoms with van der Waals surface area (Å²) in [7, 11) is 0. The van der Waals surface area contributed by atoms with Gasteiger partial charge >= 0.3 is 5.69 Å². The Morgan fingerprint density at radius 2 is 2.15 bits per heavy atom. The predicted molar refractivity (Wildman–Crippen MR) is 95.4 cm³/mol. The van der Waals surface area contributed by atoms with Crippen LogP contribution in [0.3, 0.4) is 0 Å². The molecule has 0 saturated carbocycles. The molecule has 1 spiro atoms. The SMILES string of the molecule is C[C@@]1(O)CC2(CCN(C(=O)CCN)CC2)OC[C@H]1n1ccc(N)nc1=O. The predicted octanol–water partition coefficient (Wildman–Crippen LogP) is -0.752. The molecule has 2 aliphatic rings. The van der Waals surface area contributed by atoms with Crippen molar-refractivity contribution in [3.8, 4) is 0 Å². The number of likely N-dealkylation sites (tertiary alicyclic amines) is 1. The van der Waals surface area contributed by atoms with E-state index >= 15 is 0 Å². The number of rotatable bonds is 3. The minimum Gasteiger partial charge on any atom is -0.388 e. The molecule has 5 N–H and O–H groups in total. The standard InChI is InChI=1S/C17H27N5O4/c1-16(25)11-17(4-8-21(9-5-17)14(23)2-6-18)26-10-12(16)22-7-3-13(19)20-15(22)24/h3,7,12,25H,2,4-6,8-11,18H2,1H3,(H2,19,20,24)/t12-,16-/m1/s1. The first-order valence-corrected chi connectivity index (χ1v) is 8.95. The largest absolute Gasteiger partial charge is 0.388 e. The Hall–Kier alpha value is -1.97. The van der Waals surface area contributed by atoms with Gasteiger partial charge in [0.15, 0.2) is 0 Å². The van der Waals surface area contributed by atoms with Crippen LogP contribution in [-0.4, -0.2) is 62.9 Å². The van der Waals surface area contributed by atoms with Crippen LogP contribution in [0.25, 0.3) is 0 Å². The summed E-state index contributed by atoms with van der Waals surface area (Å²) in [5.41, 5.74) is 8.87. The van der Waals surface area contributed by atoms with E-state index in [1.165, 1.54) is 10.6 Å². The van der Waals surface area contributed by atoms with Gasteiger partial charge < -0.3 is 26.2 Å². The topological polar surface area (TPSA) is 137 Å². The van der Waals surface area contributed by atoms with E-state index in [4.69, 9.17) is 16.2 Å². The van der Waals surface area contributed by atoms with Crippen LogP contribution in [0.2, 0.25) is 0 Å². The zero-order chi connectivity index (χ0) is 18.9. The number of nitrogens with zero attached hydrogens (tertiary/aromatic N) is 3. The molecule has 9 heteroatoms.